The van der Waals surface area contributed by atoms with E-state index >= 15 is 0 Å². The number of aryl methyl sites for hydroxylation is 1. The Kier molecular flexibility index (Phi) is 5.24. The molecule has 138 valence electrons. The molecule has 3 rings (SSSR count). The number of piperidine rings is 1. The molecule has 0 spiro atoms. The molecule has 0 aromatic heterocycles. The second-order valence-electron chi connectivity index (χ2n) is 6.26. The maximum absolute atomic E-state index is 12.7. The van der Waals surface area contributed by atoms with Crippen LogP contribution in [0.2, 0.25) is 0 Å². The summed E-state index contributed by atoms with van der Waals surface area (Å²) < 4.78 is 32.6. The van der Waals surface area contributed by atoms with Crippen LogP contribution in [0.5, 0.6) is 5.75 Å². The molecular weight excluding hydrogens is 356 g/mol. The van der Waals surface area contributed by atoms with Gasteiger partial charge in [-0.25, -0.2) is 8.42 Å². The summed E-state index contributed by atoms with van der Waals surface area (Å²) in [5, 5.41) is 11.1. The number of ether oxygens (including phenoxy) is 1. The van der Waals surface area contributed by atoms with E-state index in [-0.39, 0.29) is 22.4 Å². The third kappa shape index (κ3) is 3.86. The number of rotatable bonds is 5. The fourth-order valence-corrected chi connectivity index (χ4v) is 4.41. The van der Waals surface area contributed by atoms with Gasteiger partial charge in [0.25, 0.3) is 0 Å². The molecule has 1 aliphatic rings. The maximum atomic E-state index is 12.7. The Balaban J connectivity index is 1.66. The van der Waals surface area contributed by atoms with Gasteiger partial charge in [0, 0.05) is 19.2 Å². The predicted octanol–water partition coefficient (Wildman–Crippen LogP) is 3.14. The van der Waals surface area contributed by atoms with E-state index in [2.05, 4.69) is 0 Å². The van der Waals surface area contributed by atoms with E-state index in [1.807, 2.05) is 6.92 Å². The van der Waals surface area contributed by atoms with Crippen LogP contribution in [-0.2, 0) is 10.0 Å². The van der Waals surface area contributed by atoms with Crippen molar-refractivity contribution in [1.82, 2.24) is 4.31 Å². The van der Waals surface area contributed by atoms with Crippen LogP contribution in [0.15, 0.2) is 53.4 Å². The quantitative estimate of drug-likeness (QED) is 0.591. The third-order valence-electron chi connectivity index (χ3n) is 4.42. The second-order valence-corrected chi connectivity index (χ2v) is 8.20. The van der Waals surface area contributed by atoms with Crippen LogP contribution >= 0.6 is 0 Å². The van der Waals surface area contributed by atoms with Gasteiger partial charge in [0.1, 0.15) is 6.10 Å². The number of nitro benzene ring substituents is 1. The molecule has 1 aliphatic heterocycles. The van der Waals surface area contributed by atoms with Crippen molar-refractivity contribution in [3.05, 3.63) is 64.2 Å². The Morgan fingerprint density at radius 1 is 1.08 bits per heavy atom. The topological polar surface area (TPSA) is 89.8 Å². The molecule has 0 amide bonds. The first kappa shape index (κ1) is 18.3. The van der Waals surface area contributed by atoms with Crippen LogP contribution in [0, 0.1) is 17.0 Å². The third-order valence-corrected chi connectivity index (χ3v) is 6.33. The second kappa shape index (κ2) is 7.43. The van der Waals surface area contributed by atoms with E-state index in [9.17, 15) is 18.5 Å². The zero-order chi connectivity index (χ0) is 18.7. The summed E-state index contributed by atoms with van der Waals surface area (Å²) in [4.78, 5) is 10.9. The average Bonchev–Trinajstić information content (AvgIpc) is 2.63. The van der Waals surface area contributed by atoms with Gasteiger partial charge < -0.3 is 4.74 Å². The monoisotopic (exact) mass is 376 g/mol. The molecule has 0 atom stereocenters. The highest BCUT2D eigenvalue weighted by Gasteiger charge is 2.31. The minimum absolute atomic E-state index is 0.0813. The van der Waals surface area contributed by atoms with Crippen molar-refractivity contribution >= 4 is 15.7 Å². The Morgan fingerprint density at radius 3 is 2.31 bits per heavy atom. The first-order valence-corrected chi connectivity index (χ1v) is 9.79. The molecule has 2 aromatic rings. The van der Waals surface area contributed by atoms with Gasteiger partial charge in [-0.05, 0) is 38.0 Å². The minimum atomic E-state index is -3.53. The van der Waals surface area contributed by atoms with E-state index in [0.717, 1.165) is 5.56 Å². The molecule has 0 unspecified atom stereocenters. The summed E-state index contributed by atoms with van der Waals surface area (Å²) in [6, 6.07) is 13.0. The Hall–Kier alpha value is -2.45. The fourth-order valence-electron chi connectivity index (χ4n) is 2.94. The molecule has 1 heterocycles. The fraction of sp³-hybridized carbons (Fsp3) is 0.333. The van der Waals surface area contributed by atoms with Crippen molar-refractivity contribution in [3.8, 4) is 5.75 Å². The number of para-hydroxylation sites is 2. The molecule has 7 nitrogen and oxygen atoms in total. The summed E-state index contributed by atoms with van der Waals surface area (Å²) in [6.45, 7) is 2.55. The van der Waals surface area contributed by atoms with Crippen LogP contribution in [-0.4, -0.2) is 36.8 Å². The summed E-state index contributed by atoms with van der Waals surface area (Å²) in [6.07, 6.45) is 0.717. The SMILES string of the molecule is Cc1ccc(S(=O)(=O)N2CCC(Oc3ccccc3[N+](=O)[O-])CC2)cc1. The highest BCUT2D eigenvalue weighted by atomic mass is 32.2. The normalized spacial score (nSPS) is 16.3. The van der Waals surface area contributed by atoms with Crippen molar-refractivity contribution in [2.75, 3.05) is 13.1 Å². The van der Waals surface area contributed by atoms with Gasteiger partial charge in [-0.3, -0.25) is 10.1 Å². The molecule has 8 heteroatoms. The lowest BCUT2D eigenvalue weighted by Gasteiger charge is -2.31. The number of benzene rings is 2. The van der Waals surface area contributed by atoms with E-state index in [1.165, 1.54) is 10.4 Å². The maximum Gasteiger partial charge on any atom is 0.310 e. The number of hydrogen-bond acceptors (Lipinski definition) is 5. The van der Waals surface area contributed by atoms with Crippen LogP contribution in [0.25, 0.3) is 0 Å². The Morgan fingerprint density at radius 2 is 1.69 bits per heavy atom. The van der Waals surface area contributed by atoms with Gasteiger partial charge in [-0.15, -0.1) is 0 Å². The van der Waals surface area contributed by atoms with Gasteiger partial charge >= 0.3 is 5.69 Å². The van der Waals surface area contributed by atoms with Gasteiger partial charge in [-0.2, -0.15) is 4.31 Å². The average molecular weight is 376 g/mol. The van der Waals surface area contributed by atoms with E-state index in [4.69, 9.17) is 4.74 Å². The van der Waals surface area contributed by atoms with Crippen LogP contribution in [0.1, 0.15) is 18.4 Å². The van der Waals surface area contributed by atoms with E-state index in [1.54, 1.807) is 42.5 Å². The number of nitro groups is 1. The van der Waals surface area contributed by atoms with Crippen molar-refractivity contribution in [2.45, 2.75) is 30.8 Å². The first-order valence-electron chi connectivity index (χ1n) is 8.35. The standard InChI is InChI=1S/C18H20N2O5S/c1-14-6-8-16(9-7-14)26(23,24)19-12-10-15(11-13-19)25-18-5-3-2-4-17(18)20(21)22/h2-9,15H,10-13H2,1H3. The summed E-state index contributed by atoms with van der Waals surface area (Å²) in [7, 11) is -3.53. The minimum Gasteiger partial charge on any atom is -0.483 e. The zero-order valence-corrected chi connectivity index (χ0v) is 15.2. The first-order chi connectivity index (χ1) is 12.4. The summed E-state index contributed by atoms with van der Waals surface area (Å²) in [5.41, 5.74) is 0.919. The number of nitrogens with zero attached hydrogens (tertiary/aromatic N) is 2. The van der Waals surface area contributed by atoms with Crippen LogP contribution in [0.3, 0.4) is 0 Å². The summed E-state index contributed by atoms with van der Waals surface area (Å²) >= 11 is 0. The lowest BCUT2D eigenvalue weighted by atomic mass is 10.1. The van der Waals surface area contributed by atoms with Crippen molar-refractivity contribution < 1.29 is 18.1 Å². The predicted molar refractivity (Wildman–Crippen MR) is 96.7 cm³/mol. The largest absolute Gasteiger partial charge is 0.483 e. The van der Waals surface area contributed by atoms with Gasteiger partial charge in [0.05, 0.1) is 9.82 Å². The molecule has 26 heavy (non-hydrogen) atoms. The lowest BCUT2D eigenvalue weighted by molar-refractivity contribution is -0.386. The lowest BCUT2D eigenvalue weighted by Crippen LogP contribution is -2.41. The van der Waals surface area contributed by atoms with Gasteiger partial charge in [0.2, 0.25) is 10.0 Å². The molecule has 1 fully saturated rings. The Labute approximate surface area is 152 Å². The van der Waals surface area contributed by atoms with Crippen molar-refractivity contribution in [3.63, 3.8) is 0 Å². The molecule has 0 saturated carbocycles. The zero-order valence-electron chi connectivity index (χ0n) is 14.4. The number of sulfonamides is 1. The van der Waals surface area contributed by atoms with Gasteiger partial charge in [0.15, 0.2) is 5.75 Å². The molecule has 0 N–H and O–H groups in total. The molecule has 0 bridgehead atoms. The smallest absolute Gasteiger partial charge is 0.310 e. The van der Waals surface area contributed by atoms with E-state index in [0.29, 0.717) is 25.9 Å². The molecule has 1 saturated heterocycles. The highest BCUT2D eigenvalue weighted by molar-refractivity contribution is 7.89. The molecule has 0 radical (unpaired) electrons. The van der Waals surface area contributed by atoms with Crippen LogP contribution < -0.4 is 4.74 Å². The van der Waals surface area contributed by atoms with Gasteiger partial charge in [-0.1, -0.05) is 29.8 Å². The summed E-state index contributed by atoms with van der Waals surface area (Å²) in [5.74, 6) is 0.220. The van der Waals surface area contributed by atoms with Crippen molar-refractivity contribution in [2.24, 2.45) is 0 Å². The van der Waals surface area contributed by atoms with Crippen molar-refractivity contribution in [1.29, 1.82) is 0 Å². The molecule has 0 aliphatic carbocycles. The Bertz CT molecular complexity index is 888. The molecule has 2 aromatic carbocycles. The van der Waals surface area contributed by atoms with Crippen LogP contribution in [0.4, 0.5) is 5.69 Å². The number of hydrogen-bond donors (Lipinski definition) is 0. The molecular formula is C18H20N2O5S. The van der Waals surface area contributed by atoms with E-state index < -0.39 is 14.9 Å². The highest BCUT2D eigenvalue weighted by Crippen LogP contribution is 2.30.